The SMILES string of the molecule is COc1ccc2c(Cl)c(C(=O)OCC(=O)N(C)C3CCS(=O)(=O)C3)sc2c1Cl. The van der Waals surface area contributed by atoms with Crippen molar-refractivity contribution in [3.05, 3.63) is 27.1 Å². The minimum atomic E-state index is -3.12. The summed E-state index contributed by atoms with van der Waals surface area (Å²) >= 11 is 13.6. The molecule has 1 saturated heterocycles. The van der Waals surface area contributed by atoms with Gasteiger partial charge in [0.05, 0.1) is 28.3 Å². The smallest absolute Gasteiger partial charge is 0.350 e. The molecule has 0 aliphatic carbocycles. The fourth-order valence-electron chi connectivity index (χ4n) is 2.95. The molecule has 1 aromatic heterocycles. The Hall–Kier alpha value is -1.55. The summed E-state index contributed by atoms with van der Waals surface area (Å²) in [4.78, 5) is 26.1. The molecule has 7 nitrogen and oxygen atoms in total. The van der Waals surface area contributed by atoms with Crippen molar-refractivity contribution in [1.29, 1.82) is 0 Å². The number of likely N-dealkylation sites (N-methyl/N-ethyl adjacent to an activating group) is 1. The monoisotopic (exact) mass is 465 g/mol. The lowest BCUT2D eigenvalue weighted by Crippen LogP contribution is -2.40. The van der Waals surface area contributed by atoms with Crippen LogP contribution < -0.4 is 4.74 Å². The number of sulfone groups is 1. The molecule has 2 aromatic rings. The molecule has 0 bridgehead atoms. The first-order chi connectivity index (χ1) is 13.1. The van der Waals surface area contributed by atoms with E-state index in [4.69, 9.17) is 32.7 Å². The Labute approximate surface area is 176 Å². The molecular weight excluding hydrogens is 449 g/mol. The van der Waals surface area contributed by atoms with Crippen LogP contribution in [0.15, 0.2) is 12.1 Å². The van der Waals surface area contributed by atoms with Gasteiger partial charge in [0.1, 0.15) is 15.6 Å². The van der Waals surface area contributed by atoms with E-state index >= 15 is 0 Å². The Morgan fingerprint density at radius 2 is 2.00 bits per heavy atom. The maximum absolute atomic E-state index is 12.4. The Morgan fingerprint density at radius 3 is 2.61 bits per heavy atom. The topological polar surface area (TPSA) is 90.0 Å². The maximum atomic E-state index is 12.4. The van der Waals surface area contributed by atoms with Gasteiger partial charge in [-0.2, -0.15) is 0 Å². The predicted molar refractivity (Wildman–Crippen MR) is 109 cm³/mol. The molecule has 28 heavy (non-hydrogen) atoms. The van der Waals surface area contributed by atoms with Gasteiger partial charge in [0.25, 0.3) is 5.91 Å². The highest BCUT2D eigenvalue weighted by atomic mass is 35.5. The molecule has 1 fully saturated rings. The molecule has 1 aliphatic rings. The number of hydrogen-bond acceptors (Lipinski definition) is 7. The second-order valence-corrected chi connectivity index (χ2v) is 10.3. The van der Waals surface area contributed by atoms with Crippen LogP contribution in [-0.2, 0) is 19.4 Å². The Balaban J connectivity index is 1.70. The summed E-state index contributed by atoms with van der Waals surface area (Å²) in [5.74, 6) is -0.799. The van der Waals surface area contributed by atoms with Crippen molar-refractivity contribution in [3.63, 3.8) is 0 Å². The quantitative estimate of drug-likeness (QED) is 0.630. The lowest BCUT2D eigenvalue weighted by Gasteiger charge is -2.23. The van der Waals surface area contributed by atoms with E-state index < -0.39 is 34.4 Å². The zero-order valence-corrected chi connectivity index (χ0v) is 18.2. The van der Waals surface area contributed by atoms with Crippen molar-refractivity contribution in [2.45, 2.75) is 12.5 Å². The van der Waals surface area contributed by atoms with E-state index in [1.54, 1.807) is 12.1 Å². The van der Waals surface area contributed by atoms with Gasteiger partial charge in [0.15, 0.2) is 16.4 Å². The van der Waals surface area contributed by atoms with Crippen LogP contribution in [0, 0.1) is 0 Å². The van der Waals surface area contributed by atoms with Gasteiger partial charge in [-0.25, -0.2) is 13.2 Å². The van der Waals surface area contributed by atoms with E-state index in [0.717, 1.165) is 11.3 Å². The number of esters is 1. The number of rotatable bonds is 5. The molecule has 0 N–H and O–H groups in total. The number of carbonyl (C=O) groups excluding carboxylic acids is 2. The van der Waals surface area contributed by atoms with Crippen molar-refractivity contribution >= 4 is 66.3 Å². The summed E-state index contributed by atoms with van der Waals surface area (Å²) in [6, 6.07) is 2.93. The molecule has 0 spiro atoms. The molecule has 1 amide bonds. The van der Waals surface area contributed by atoms with E-state index in [9.17, 15) is 18.0 Å². The zero-order chi connectivity index (χ0) is 20.6. The van der Waals surface area contributed by atoms with Crippen molar-refractivity contribution < 1.29 is 27.5 Å². The van der Waals surface area contributed by atoms with Gasteiger partial charge in [-0.05, 0) is 18.6 Å². The van der Waals surface area contributed by atoms with Crippen LogP contribution in [0.3, 0.4) is 0 Å². The number of ether oxygens (including phenoxy) is 2. The number of halogens is 2. The van der Waals surface area contributed by atoms with E-state index in [1.165, 1.54) is 19.1 Å². The molecule has 152 valence electrons. The summed E-state index contributed by atoms with van der Waals surface area (Å²) in [6.07, 6.45) is 0.376. The van der Waals surface area contributed by atoms with E-state index in [0.29, 0.717) is 27.3 Å². The number of thiophene rings is 1. The van der Waals surface area contributed by atoms with Crippen molar-refractivity contribution in [2.75, 3.05) is 32.3 Å². The molecule has 1 aromatic carbocycles. The van der Waals surface area contributed by atoms with Gasteiger partial charge >= 0.3 is 5.97 Å². The summed E-state index contributed by atoms with van der Waals surface area (Å²) in [5.41, 5.74) is 0. The van der Waals surface area contributed by atoms with E-state index in [-0.39, 0.29) is 21.4 Å². The zero-order valence-electron chi connectivity index (χ0n) is 15.0. The Kier molecular flexibility index (Phi) is 6.09. The normalized spacial score (nSPS) is 18.2. The van der Waals surface area contributed by atoms with E-state index in [1.807, 2.05) is 0 Å². The van der Waals surface area contributed by atoms with Crippen LogP contribution in [0.2, 0.25) is 10.0 Å². The summed E-state index contributed by atoms with van der Waals surface area (Å²) in [6.45, 7) is -0.506. The van der Waals surface area contributed by atoms with Crippen LogP contribution in [0.5, 0.6) is 5.75 Å². The van der Waals surface area contributed by atoms with Crippen LogP contribution in [0.4, 0.5) is 0 Å². The lowest BCUT2D eigenvalue weighted by molar-refractivity contribution is -0.134. The largest absolute Gasteiger partial charge is 0.495 e. The van der Waals surface area contributed by atoms with Crippen molar-refractivity contribution in [1.82, 2.24) is 4.90 Å². The minimum Gasteiger partial charge on any atom is -0.495 e. The van der Waals surface area contributed by atoms with Crippen LogP contribution in [-0.4, -0.2) is 63.5 Å². The highest BCUT2D eigenvalue weighted by Gasteiger charge is 2.33. The molecule has 1 atom stereocenters. The average molecular weight is 466 g/mol. The number of hydrogen-bond donors (Lipinski definition) is 0. The summed E-state index contributed by atoms with van der Waals surface area (Å²) < 4.78 is 34.0. The molecule has 1 unspecified atom stereocenters. The van der Waals surface area contributed by atoms with Crippen molar-refractivity contribution in [2.24, 2.45) is 0 Å². The first-order valence-electron chi connectivity index (χ1n) is 8.22. The lowest BCUT2D eigenvalue weighted by atomic mass is 10.2. The second kappa shape index (κ2) is 8.06. The fraction of sp³-hybridized carbons (Fsp3) is 0.412. The molecule has 0 radical (unpaired) electrons. The number of fused-ring (bicyclic) bond motifs is 1. The standard InChI is InChI=1S/C17H17Cl2NO6S2/c1-20(9-5-6-28(23,24)8-9)12(21)7-26-17(22)16-13(18)10-3-4-11(25-2)14(19)15(10)27-16/h3-4,9H,5-8H2,1-2H3. The van der Waals surface area contributed by atoms with Crippen molar-refractivity contribution in [3.8, 4) is 5.75 Å². The van der Waals surface area contributed by atoms with Crippen LogP contribution in [0.1, 0.15) is 16.1 Å². The third-order valence-electron chi connectivity index (χ3n) is 4.58. The number of nitrogens with zero attached hydrogens (tertiary/aromatic N) is 1. The Bertz CT molecular complexity index is 1050. The first kappa shape index (κ1) is 21.2. The third kappa shape index (κ3) is 4.07. The predicted octanol–water partition coefficient (Wildman–Crippen LogP) is 3.02. The average Bonchev–Trinajstić information content (AvgIpc) is 3.19. The third-order valence-corrected chi connectivity index (χ3v) is 8.53. The number of methoxy groups -OCH3 is 1. The van der Waals surface area contributed by atoms with Gasteiger partial charge in [0, 0.05) is 18.5 Å². The summed E-state index contributed by atoms with van der Waals surface area (Å²) in [5, 5.41) is 1.12. The minimum absolute atomic E-state index is 0.0523. The van der Waals surface area contributed by atoms with Gasteiger partial charge in [-0.15, -0.1) is 11.3 Å². The number of carbonyl (C=O) groups is 2. The molecule has 3 rings (SSSR count). The van der Waals surface area contributed by atoms with E-state index in [2.05, 4.69) is 0 Å². The molecule has 0 saturated carbocycles. The fourth-order valence-corrected chi connectivity index (χ4v) is 6.50. The highest BCUT2D eigenvalue weighted by Crippen LogP contribution is 2.43. The first-order valence-corrected chi connectivity index (χ1v) is 11.6. The molecular formula is C17H17Cl2NO6S2. The maximum Gasteiger partial charge on any atom is 0.350 e. The molecule has 11 heteroatoms. The molecule has 2 heterocycles. The Morgan fingerprint density at radius 1 is 1.29 bits per heavy atom. The van der Waals surface area contributed by atoms with Crippen LogP contribution >= 0.6 is 34.5 Å². The van der Waals surface area contributed by atoms with Gasteiger partial charge in [-0.3, -0.25) is 4.79 Å². The number of amides is 1. The molecule has 1 aliphatic heterocycles. The van der Waals surface area contributed by atoms with Gasteiger partial charge in [-0.1, -0.05) is 23.2 Å². The second-order valence-electron chi connectivity index (χ2n) is 6.34. The van der Waals surface area contributed by atoms with Crippen LogP contribution in [0.25, 0.3) is 10.1 Å². The van der Waals surface area contributed by atoms with Gasteiger partial charge < -0.3 is 14.4 Å². The number of benzene rings is 1. The van der Waals surface area contributed by atoms with Gasteiger partial charge in [0.2, 0.25) is 0 Å². The highest BCUT2D eigenvalue weighted by molar-refractivity contribution is 7.91. The summed E-state index contributed by atoms with van der Waals surface area (Å²) in [7, 11) is -0.137.